The minimum atomic E-state index is -0.503. The molecule has 0 saturated heterocycles. The molecular formula is C18H14O5. The summed E-state index contributed by atoms with van der Waals surface area (Å²) >= 11 is 0. The molecule has 3 aromatic rings. The van der Waals surface area contributed by atoms with Crippen LogP contribution in [0.1, 0.15) is 26.5 Å². The molecule has 3 rings (SSSR count). The molecule has 0 spiro atoms. The summed E-state index contributed by atoms with van der Waals surface area (Å²) in [7, 11) is 2.79. The van der Waals surface area contributed by atoms with Gasteiger partial charge in [-0.25, -0.2) is 4.79 Å². The first-order valence-corrected chi connectivity index (χ1v) is 6.94. The van der Waals surface area contributed by atoms with Gasteiger partial charge in [0.15, 0.2) is 17.1 Å². The summed E-state index contributed by atoms with van der Waals surface area (Å²) in [4.78, 5) is 24.4. The van der Waals surface area contributed by atoms with Gasteiger partial charge in [-0.1, -0.05) is 30.3 Å². The lowest BCUT2D eigenvalue weighted by atomic mass is 10.1. The monoisotopic (exact) mass is 310 g/mol. The Morgan fingerprint density at radius 3 is 2.39 bits per heavy atom. The Morgan fingerprint density at radius 1 is 1.00 bits per heavy atom. The number of carbonyl (C=O) groups is 2. The van der Waals surface area contributed by atoms with Gasteiger partial charge >= 0.3 is 5.97 Å². The molecule has 1 aromatic heterocycles. The zero-order valence-electron chi connectivity index (χ0n) is 12.7. The number of carbonyl (C=O) groups excluding carboxylic acids is 2. The number of hydrogen-bond acceptors (Lipinski definition) is 5. The number of esters is 1. The number of fused-ring (bicyclic) bond motifs is 1. The van der Waals surface area contributed by atoms with Gasteiger partial charge in [0.05, 0.1) is 19.8 Å². The highest BCUT2D eigenvalue weighted by Crippen LogP contribution is 2.32. The normalized spacial score (nSPS) is 10.5. The van der Waals surface area contributed by atoms with Crippen molar-refractivity contribution in [2.45, 2.75) is 0 Å². The molecule has 0 bridgehead atoms. The van der Waals surface area contributed by atoms with E-state index in [2.05, 4.69) is 0 Å². The summed E-state index contributed by atoms with van der Waals surface area (Å²) < 4.78 is 15.7. The fourth-order valence-electron chi connectivity index (χ4n) is 2.39. The molecule has 0 unspecified atom stereocenters. The average Bonchev–Trinajstić information content (AvgIpc) is 3.05. The first kappa shape index (κ1) is 14.8. The van der Waals surface area contributed by atoms with Crippen LogP contribution in [0.4, 0.5) is 0 Å². The number of methoxy groups -OCH3 is 2. The summed E-state index contributed by atoms with van der Waals surface area (Å²) in [5.41, 5.74) is 1.17. The maximum atomic E-state index is 12.5. The van der Waals surface area contributed by atoms with Crippen molar-refractivity contribution in [1.29, 1.82) is 0 Å². The summed E-state index contributed by atoms with van der Waals surface area (Å²) in [5, 5.41) is 0.482. The number of rotatable bonds is 4. The highest BCUT2D eigenvalue weighted by atomic mass is 16.5. The zero-order chi connectivity index (χ0) is 16.4. The second-order valence-corrected chi connectivity index (χ2v) is 4.86. The molecule has 0 atom stereocenters. The van der Waals surface area contributed by atoms with Gasteiger partial charge in [0, 0.05) is 10.9 Å². The molecule has 5 nitrogen and oxygen atoms in total. The van der Waals surface area contributed by atoms with Gasteiger partial charge in [0.25, 0.3) is 0 Å². The van der Waals surface area contributed by atoms with Crippen LogP contribution in [0, 0.1) is 0 Å². The van der Waals surface area contributed by atoms with E-state index in [-0.39, 0.29) is 11.5 Å². The third-order valence-corrected chi connectivity index (χ3v) is 3.53. The summed E-state index contributed by atoms with van der Waals surface area (Å²) in [6.45, 7) is 0. The molecule has 0 amide bonds. The predicted octanol–water partition coefficient (Wildman–Crippen LogP) is 3.46. The van der Waals surface area contributed by atoms with Gasteiger partial charge in [0.2, 0.25) is 5.78 Å². The summed E-state index contributed by atoms with van der Waals surface area (Å²) in [6, 6.07) is 13.5. The molecule has 2 aromatic carbocycles. The number of ketones is 1. The zero-order valence-corrected chi connectivity index (χ0v) is 12.7. The third-order valence-electron chi connectivity index (χ3n) is 3.53. The van der Waals surface area contributed by atoms with Crippen LogP contribution in [-0.2, 0) is 4.74 Å². The van der Waals surface area contributed by atoms with Crippen LogP contribution in [0.25, 0.3) is 11.0 Å². The van der Waals surface area contributed by atoms with Crippen LogP contribution in [0.2, 0.25) is 0 Å². The quantitative estimate of drug-likeness (QED) is 0.545. The van der Waals surface area contributed by atoms with Crippen LogP contribution in [0.3, 0.4) is 0 Å². The molecule has 0 fully saturated rings. The highest BCUT2D eigenvalue weighted by Gasteiger charge is 2.21. The lowest BCUT2D eigenvalue weighted by Crippen LogP contribution is -2.01. The largest absolute Gasteiger partial charge is 0.493 e. The van der Waals surface area contributed by atoms with Gasteiger partial charge in [-0.05, 0) is 18.2 Å². The van der Waals surface area contributed by atoms with Crippen LogP contribution in [0.15, 0.2) is 52.9 Å². The van der Waals surface area contributed by atoms with E-state index in [9.17, 15) is 9.59 Å². The Balaban J connectivity index is 2.17. The number of furan rings is 1. The van der Waals surface area contributed by atoms with Crippen molar-refractivity contribution in [1.82, 2.24) is 0 Å². The van der Waals surface area contributed by atoms with Crippen molar-refractivity contribution in [3.05, 3.63) is 65.4 Å². The third kappa shape index (κ3) is 2.57. The second-order valence-electron chi connectivity index (χ2n) is 4.86. The fourth-order valence-corrected chi connectivity index (χ4v) is 2.39. The van der Waals surface area contributed by atoms with E-state index in [1.807, 2.05) is 6.07 Å². The van der Waals surface area contributed by atoms with E-state index in [0.29, 0.717) is 27.8 Å². The second kappa shape index (κ2) is 5.96. The Bertz CT molecular complexity index is 877. The van der Waals surface area contributed by atoms with Crippen molar-refractivity contribution in [2.24, 2.45) is 0 Å². The summed E-state index contributed by atoms with van der Waals surface area (Å²) in [5.74, 6) is -0.183. The first-order chi connectivity index (χ1) is 11.2. The van der Waals surface area contributed by atoms with Crippen molar-refractivity contribution in [3.63, 3.8) is 0 Å². The smallest absolute Gasteiger partial charge is 0.338 e. The minimum absolute atomic E-state index is 0.140. The van der Waals surface area contributed by atoms with E-state index in [1.165, 1.54) is 14.2 Å². The molecule has 0 aliphatic carbocycles. The van der Waals surface area contributed by atoms with Crippen LogP contribution < -0.4 is 4.74 Å². The highest BCUT2D eigenvalue weighted by molar-refractivity contribution is 6.12. The topological polar surface area (TPSA) is 65.7 Å². The lowest BCUT2D eigenvalue weighted by molar-refractivity contribution is 0.0603. The molecule has 0 aliphatic rings. The summed E-state index contributed by atoms with van der Waals surface area (Å²) in [6.07, 6.45) is 0. The number of hydrogen-bond donors (Lipinski definition) is 0. The molecule has 5 heteroatoms. The average molecular weight is 310 g/mol. The van der Waals surface area contributed by atoms with E-state index in [1.54, 1.807) is 42.5 Å². The molecule has 0 N–H and O–H groups in total. The Morgan fingerprint density at radius 2 is 1.74 bits per heavy atom. The van der Waals surface area contributed by atoms with Gasteiger partial charge < -0.3 is 13.9 Å². The van der Waals surface area contributed by atoms with Crippen molar-refractivity contribution in [3.8, 4) is 5.75 Å². The van der Waals surface area contributed by atoms with E-state index < -0.39 is 5.97 Å². The molecule has 23 heavy (non-hydrogen) atoms. The standard InChI is InChI=1S/C18H14O5/c1-21-14-9-8-12(18(20)22-2)13-10-15(23-17(13)14)16(19)11-6-4-3-5-7-11/h3-10H,1-2H3. The van der Waals surface area contributed by atoms with Gasteiger partial charge in [0.1, 0.15) is 0 Å². The fraction of sp³-hybridized carbons (Fsp3) is 0.111. The van der Waals surface area contributed by atoms with Gasteiger partial charge in [-0.15, -0.1) is 0 Å². The van der Waals surface area contributed by atoms with Crippen molar-refractivity contribution >= 4 is 22.7 Å². The number of ether oxygens (including phenoxy) is 2. The van der Waals surface area contributed by atoms with Crippen LogP contribution in [-0.4, -0.2) is 26.0 Å². The Hall–Kier alpha value is -3.08. The molecule has 1 heterocycles. The number of benzene rings is 2. The van der Waals surface area contributed by atoms with Gasteiger partial charge in [-0.3, -0.25) is 4.79 Å². The Labute approximate surface area is 132 Å². The predicted molar refractivity (Wildman–Crippen MR) is 84.0 cm³/mol. The lowest BCUT2D eigenvalue weighted by Gasteiger charge is -2.04. The molecule has 0 aliphatic heterocycles. The van der Waals surface area contributed by atoms with Gasteiger partial charge in [-0.2, -0.15) is 0 Å². The van der Waals surface area contributed by atoms with Crippen molar-refractivity contribution in [2.75, 3.05) is 14.2 Å². The molecule has 0 radical (unpaired) electrons. The maximum Gasteiger partial charge on any atom is 0.338 e. The van der Waals surface area contributed by atoms with Crippen LogP contribution >= 0.6 is 0 Å². The minimum Gasteiger partial charge on any atom is -0.493 e. The van der Waals surface area contributed by atoms with E-state index in [0.717, 1.165) is 0 Å². The Kier molecular flexibility index (Phi) is 3.85. The van der Waals surface area contributed by atoms with Crippen LogP contribution in [0.5, 0.6) is 5.75 Å². The first-order valence-electron chi connectivity index (χ1n) is 6.94. The molecular weight excluding hydrogens is 296 g/mol. The van der Waals surface area contributed by atoms with E-state index >= 15 is 0 Å². The maximum absolute atomic E-state index is 12.5. The molecule has 0 saturated carbocycles. The van der Waals surface area contributed by atoms with Crippen molar-refractivity contribution < 1.29 is 23.5 Å². The van der Waals surface area contributed by atoms with E-state index in [4.69, 9.17) is 13.9 Å². The molecule has 116 valence electrons. The SMILES string of the molecule is COC(=O)c1ccc(OC)c2oc(C(=O)c3ccccc3)cc12.